The molecule has 2 atom stereocenters. The highest BCUT2D eigenvalue weighted by molar-refractivity contribution is 5.96. The van der Waals surface area contributed by atoms with Crippen LogP contribution >= 0.6 is 0 Å². The number of nitrogens with one attached hydrogen (secondary N) is 1. The number of aromatic nitrogens is 2. The molecule has 2 fully saturated rings. The summed E-state index contributed by atoms with van der Waals surface area (Å²) in [4.78, 5) is 40.9. The van der Waals surface area contributed by atoms with Gasteiger partial charge in [0.05, 0.1) is 12.2 Å². The van der Waals surface area contributed by atoms with Crippen molar-refractivity contribution in [1.29, 1.82) is 0 Å². The Labute approximate surface area is 298 Å². The highest BCUT2D eigenvalue weighted by Gasteiger charge is 2.27. The highest BCUT2D eigenvalue weighted by Crippen LogP contribution is 2.26. The molecule has 2 saturated heterocycles. The largest absolute Gasteiger partial charge is 0.348 e. The average Bonchev–Trinajstić information content (AvgIpc) is 3.67. The van der Waals surface area contributed by atoms with Crippen molar-refractivity contribution in [2.45, 2.75) is 37.8 Å². The first-order valence-electron chi connectivity index (χ1n) is 17.1. The molecule has 1 unspecified atom stereocenters. The number of nitrogens with zero attached hydrogens (tertiary/aromatic N) is 4. The van der Waals surface area contributed by atoms with Crippen LogP contribution in [-0.4, -0.2) is 69.5 Å². The van der Waals surface area contributed by atoms with Crippen LogP contribution < -0.4 is 5.32 Å². The Morgan fingerprint density at radius 1 is 0.577 bits per heavy atom. The van der Waals surface area contributed by atoms with Crippen LogP contribution in [0.3, 0.4) is 0 Å². The second kappa shape index (κ2) is 16.5. The minimum absolute atomic E-state index is 0.0809. The maximum Gasteiger partial charge on any atom is 0.253 e. The van der Waals surface area contributed by atoms with Gasteiger partial charge in [0.2, 0.25) is 0 Å². The topological polar surface area (TPSA) is 87.5 Å². The molecule has 0 radical (unpaired) electrons. The Bertz CT molecular complexity index is 1980. The summed E-state index contributed by atoms with van der Waals surface area (Å²) < 4.78 is 54.0. The van der Waals surface area contributed by atoms with Crippen molar-refractivity contribution < 1.29 is 31.9 Å². The van der Waals surface area contributed by atoms with Crippen LogP contribution in [0.4, 0.5) is 17.6 Å². The number of carbonyl (C=O) groups is 3. The zero-order valence-electron chi connectivity index (χ0n) is 28.2. The van der Waals surface area contributed by atoms with Crippen molar-refractivity contribution >= 4 is 17.7 Å². The first kappa shape index (κ1) is 36.0. The molecule has 1 N–H and O–H groups in total. The molecule has 0 aliphatic carbocycles. The van der Waals surface area contributed by atoms with Crippen molar-refractivity contribution in [1.82, 2.24) is 24.9 Å². The number of amides is 3. The molecule has 8 nitrogen and oxygen atoms in total. The van der Waals surface area contributed by atoms with E-state index in [2.05, 4.69) is 10.4 Å². The van der Waals surface area contributed by atoms with Gasteiger partial charge in [-0.1, -0.05) is 12.1 Å². The van der Waals surface area contributed by atoms with Crippen LogP contribution in [-0.2, 0) is 0 Å². The van der Waals surface area contributed by atoms with Gasteiger partial charge < -0.3 is 15.1 Å². The van der Waals surface area contributed by atoms with Crippen molar-refractivity contribution in [3.8, 4) is 11.1 Å². The number of hydrogen-bond acceptors (Lipinski definition) is 4. The van der Waals surface area contributed by atoms with Gasteiger partial charge >= 0.3 is 0 Å². The zero-order valence-corrected chi connectivity index (χ0v) is 28.2. The predicted octanol–water partition coefficient (Wildman–Crippen LogP) is 7.31. The van der Waals surface area contributed by atoms with E-state index in [1.165, 1.54) is 84.9 Å². The van der Waals surface area contributed by atoms with E-state index in [0.29, 0.717) is 42.9 Å². The third-order valence-electron chi connectivity index (χ3n) is 9.17. The van der Waals surface area contributed by atoms with E-state index < -0.39 is 5.82 Å². The quantitative estimate of drug-likeness (QED) is 0.187. The number of rotatable bonds is 6. The number of halogens is 4. The Kier molecular flexibility index (Phi) is 11.4. The third-order valence-corrected chi connectivity index (χ3v) is 9.17. The molecule has 0 spiro atoms. The molecule has 4 aromatic carbocycles. The Hall–Kier alpha value is -5.78. The van der Waals surface area contributed by atoms with Crippen LogP contribution in [0, 0.1) is 23.3 Å². The minimum Gasteiger partial charge on any atom is -0.348 e. The number of hydrogen-bond donors (Lipinski definition) is 1. The van der Waals surface area contributed by atoms with E-state index in [4.69, 9.17) is 0 Å². The second-order valence-electron chi connectivity index (χ2n) is 12.8. The molecule has 12 heteroatoms. The van der Waals surface area contributed by atoms with Crippen LogP contribution in [0.25, 0.3) is 11.1 Å². The van der Waals surface area contributed by atoms with Gasteiger partial charge in [-0.3, -0.25) is 19.1 Å². The molecule has 5 aromatic rings. The molecule has 3 amide bonds. The molecule has 0 saturated carbocycles. The lowest BCUT2D eigenvalue weighted by Crippen LogP contribution is -2.49. The summed E-state index contributed by atoms with van der Waals surface area (Å²) in [6.07, 6.45) is 7.03. The number of carbonyl (C=O) groups excluding carboxylic acids is 3. The number of likely N-dealkylation sites (tertiary alicyclic amines) is 2. The minimum atomic E-state index is -0.398. The van der Waals surface area contributed by atoms with Crippen molar-refractivity contribution in [3.63, 3.8) is 0 Å². The average molecular weight is 712 g/mol. The van der Waals surface area contributed by atoms with Gasteiger partial charge in [0.1, 0.15) is 23.3 Å². The van der Waals surface area contributed by atoms with Crippen molar-refractivity contribution in [3.05, 3.63) is 149 Å². The van der Waals surface area contributed by atoms with E-state index in [1.807, 2.05) is 10.9 Å². The summed E-state index contributed by atoms with van der Waals surface area (Å²) >= 11 is 0. The summed E-state index contributed by atoms with van der Waals surface area (Å²) in [6, 6.07) is 22.6. The van der Waals surface area contributed by atoms with Gasteiger partial charge in [0.25, 0.3) is 17.7 Å². The summed E-state index contributed by atoms with van der Waals surface area (Å²) in [5.74, 6) is -1.97. The maximum atomic E-state index is 13.1. The molecule has 0 bridgehead atoms. The predicted molar refractivity (Wildman–Crippen MR) is 187 cm³/mol. The lowest BCUT2D eigenvalue weighted by Gasteiger charge is -2.33. The normalized spacial score (nSPS) is 17.2. The first-order chi connectivity index (χ1) is 25.1. The fourth-order valence-corrected chi connectivity index (χ4v) is 6.38. The fraction of sp³-hybridized carbons (Fsp3) is 0.250. The lowest BCUT2D eigenvalue weighted by molar-refractivity contribution is 0.0670. The molecular formula is C40H37F4N5O3. The smallest absolute Gasteiger partial charge is 0.253 e. The van der Waals surface area contributed by atoms with Crippen LogP contribution in [0.15, 0.2) is 109 Å². The molecule has 1 aromatic heterocycles. The Morgan fingerprint density at radius 3 is 1.58 bits per heavy atom. The summed E-state index contributed by atoms with van der Waals surface area (Å²) in [7, 11) is 0. The first-order valence-corrected chi connectivity index (χ1v) is 17.1. The Balaban J connectivity index is 0.000000179. The molecule has 2 aliphatic heterocycles. The van der Waals surface area contributed by atoms with E-state index >= 15 is 0 Å². The van der Waals surface area contributed by atoms with Gasteiger partial charge in [0, 0.05) is 60.7 Å². The van der Waals surface area contributed by atoms with E-state index in [9.17, 15) is 31.9 Å². The third kappa shape index (κ3) is 9.11. The zero-order chi connectivity index (χ0) is 36.6. The van der Waals surface area contributed by atoms with E-state index in [1.54, 1.807) is 28.1 Å². The maximum absolute atomic E-state index is 13.1. The molecule has 3 heterocycles. The Morgan fingerprint density at radius 2 is 1.04 bits per heavy atom. The van der Waals surface area contributed by atoms with E-state index in [-0.39, 0.29) is 47.3 Å². The number of benzene rings is 4. The van der Waals surface area contributed by atoms with Gasteiger partial charge in [-0.05, 0) is 116 Å². The van der Waals surface area contributed by atoms with Gasteiger partial charge in [-0.25, -0.2) is 17.6 Å². The van der Waals surface area contributed by atoms with Crippen LogP contribution in [0.1, 0.15) is 62.8 Å². The molecule has 52 heavy (non-hydrogen) atoms. The van der Waals surface area contributed by atoms with Gasteiger partial charge in [0.15, 0.2) is 0 Å². The second-order valence-corrected chi connectivity index (χ2v) is 12.8. The SMILES string of the molecule is O=C(NC1CCCN(C(=O)c2ccc(F)cc2)C1)c1ccc(F)cc1.O=C(c1ccc(F)cc1)N1CCC[C@H](n2cc(-c3ccc(F)cc3)cn2)C1. The summed E-state index contributed by atoms with van der Waals surface area (Å²) in [5, 5.41) is 7.34. The molecule has 2 aliphatic rings. The van der Waals surface area contributed by atoms with Crippen molar-refractivity contribution in [2.24, 2.45) is 0 Å². The lowest BCUT2D eigenvalue weighted by atomic mass is 10.0. The van der Waals surface area contributed by atoms with Gasteiger partial charge in [-0.2, -0.15) is 5.10 Å². The molecule has 268 valence electrons. The number of piperidine rings is 2. The standard InChI is InChI=1S/C21H19F2N3O.C19H18F2N2O2/c22-18-7-3-15(4-8-18)17-12-24-26(13-17)20-2-1-11-25(14-20)21(27)16-5-9-19(23)10-6-16;20-15-7-3-13(4-8-15)18(24)22-17-2-1-11-23(12-17)19(25)14-5-9-16(21)10-6-14/h3-10,12-13,20H,1-2,11,14H2;3-10,17H,1-2,11-12H2,(H,22,24)/t20-;/m0./s1. The monoisotopic (exact) mass is 711 g/mol. The van der Waals surface area contributed by atoms with Crippen LogP contribution in [0.2, 0.25) is 0 Å². The van der Waals surface area contributed by atoms with E-state index in [0.717, 1.165) is 36.8 Å². The summed E-state index contributed by atoms with van der Waals surface area (Å²) in [5.41, 5.74) is 3.11. The highest BCUT2D eigenvalue weighted by atomic mass is 19.1. The molecular weight excluding hydrogens is 674 g/mol. The van der Waals surface area contributed by atoms with Gasteiger partial charge in [-0.15, -0.1) is 0 Å². The fourth-order valence-electron chi connectivity index (χ4n) is 6.38. The van der Waals surface area contributed by atoms with Crippen molar-refractivity contribution in [2.75, 3.05) is 26.2 Å². The van der Waals surface area contributed by atoms with Crippen LogP contribution in [0.5, 0.6) is 0 Å². The summed E-state index contributed by atoms with van der Waals surface area (Å²) in [6.45, 7) is 2.22. The molecule has 7 rings (SSSR count).